The Balaban J connectivity index is 2.62. The summed E-state index contributed by atoms with van der Waals surface area (Å²) in [6.07, 6.45) is 3.17. The zero-order chi connectivity index (χ0) is 15.8. The summed E-state index contributed by atoms with van der Waals surface area (Å²) in [5.41, 5.74) is 6.06. The standard InChI is InChI=1S/C16H26FN3O/c1-4-6-9-20(12(3)5-2)11-16(21)19-13-7-8-14(17)15(18)10-13/h7-8,10,12H,4-6,9,11,18H2,1-3H3,(H,19,21). The zero-order valence-corrected chi connectivity index (χ0v) is 13.2. The third-order valence-electron chi connectivity index (χ3n) is 3.64. The smallest absolute Gasteiger partial charge is 0.238 e. The summed E-state index contributed by atoms with van der Waals surface area (Å²) in [5.74, 6) is -0.574. The molecule has 0 bridgehead atoms. The van der Waals surface area contributed by atoms with Crippen molar-refractivity contribution in [3.63, 3.8) is 0 Å². The van der Waals surface area contributed by atoms with Crippen molar-refractivity contribution in [1.82, 2.24) is 4.90 Å². The van der Waals surface area contributed by atoms with Crippen LogP contribution in [0.4, 0.5) is 15.8 Å². The van der Waals surface area contributed by atoms with Crippen LogP contribution in [0.15, 0.2) is 18.2 Å². The highest BCUT2D eigenvalue weighted by Crippen LogP contribution is 2.16. The van der Waals surface area contributed by atoms with Crippen LogP contribution in [0.5, 0.6) is 0 Å². The van der Waals surface area contributed by atoms with E-state index in [1.807, 2.05) is 0 Å². The van der Waals surface area contributed by atoms with Gasteiger partial charge in [-0.05, 0) is 44.5 Å². The second-order valence-corrected chi connectivity index (χ2v) is 5.37. The van der Waals surface area contributed by atoms with Crippen LogP contribution in [0.25, 0.3) is 0 Å². The normalized spacial score (nSPS) is 12.4. The summed E-state index contributed by atoms with van der Waals surface area (Å²) in [4.78, 5) is 14.3. The molecule has 0 aliphatic heterocycles. The number of nitrogens with one attached hydrogen (secondary N) is 1. The van der Waals surface area contributed by atoms with Gasteiger partial charge in [-0.15, -0.1) is 0 Å². The molecule has 0 heterocycles. The summed E-state index contributed by atoms with van der Waals surface area (Å²) >= 11 is 0. The van der Waals surface area contributed by atoms with Gasteiger partial charge < -0.3 is 11.1 Å². The van der Waals surface area contributed by atoms with Crippen LogP contribution in [-0.4, -0.2) is 29.9 Å². The van der Waals surface area contributed by atoms with Gasteiger partial charge in [-0.25, -0.2) is 4.39 Å². The van der Waals surface area contributed by atoms with Crippen LogP contribution < -0.4 is 11.1 Å². The number of anilines is 2. The van der Waals surface area contributed by atoms with Crippen molar-refractivity contribution in [2.24, 2.45) is 0 Å². The van der Waals surface area contributed by atoms with Gasteiger partial charge in [0, 0.05) is 11.7 Å². The Labute approximate surface area is 126 Å². The maximum Gasteiger partial charge on any atom is 0.238 e. The van der Waals surface area contributed by atoms with Gasteiger partial charge in [0.2, 0.25) is 5.91 Å². The van der Waals surface area contributed by atoms with Gasteiger partial charge >= 0.3 is 0 Å². The maximum absolute atomic E-state index is 13.1. The fraction of sp³-hybridized carbons (Fsp3) is 0.562. The van der Waals surface area contributed by atoms with Gasteiger partial charge in [-0.2, -0.15) is 0 Å². The van der Waals surface area contributed by atoms with Gasteiger partial charge in [0.1, 0.15) is 5.82 Å². The van der Waals surface area contributed by atoms with Crippen molar-refractivity contribution in [1.29, 1.82) is 0 Å². The first-order valence-corrected chi connectivity index (χ1v) is 7.56. The monoisotopic (exact) mass is 295 g/mol. The summed E-state index contributed by atoms with van der Waals surface area (Å²) < 4.78 is 13.1. The number of nitrogens with two attached hydrogens (primary N) is 1. The van der Waals surface area contributed by atoms with Crippen LogP contribution >= 0.6 is 0 Å². The van der Waals surface area contributed by atoms with Crippen LogP contribution in [-0.2, 0) is 4.79 Å². The predicted molar refractivity (Wildman–Crippen MR) is 85.7 cm³/mol. The van der Waals surface area contributed by atoms with Crippen LogP contribution in [0, 0.1) is 5.82 Å². The largest absolute Gasteiger partial charge is 0.396 e. The van der Waals surface area contributed by atoms with Crippen LogP contribution in [0.1, 0.15) is 40.0 Å². The number of unbranched alkanes of at least 4 members (excludes halogenated alkanes) is 1. The van der Waals surface area contributed by atoms with E-state index in [0.717, 1.165) is 25.8 Å². The quantitative estimate of drug-likeness (QED) is 0.724. The van der Waals surface area contributed by atoms with E-state index in [4.69, 9.17) is 5.73 Å². The molecule has 3 N–H and O–H groups in total. The number of benzene rings is 1. The minimum Gasteiger partial charge on any atom is -0.396 e. The first kappa shape index (κ1) is 17.4. The Morgan fingerprint density at radius 1 is 1.43 bits per heavy atom. The van der Waals surface area contributed by atoms with E-state index in [0.29, 0.717) is 18.3 Å². The molecule has 0 aliphatic carbocycles. The Morgan fingerprint density at radius 2 is 2.14 bits per heavy atom. The van der Waals surface area contributed by atoms with Gasteiger partial charge in [-0.3, -0.25) is 9.69 Å². The molecule has 0 aromatic heterocycles. The molecule has 0 saturated heterocycles. The lowest BCUT2D eigenvalue weighted by Crippen LogP contribution is -2.39. The van der Waals surface area contributed by atoms with E-state index >= 15 is 0 Å². The minimum absolute atomic E-state index is 0.0394. The minimum atomic E-state index is -0.475. The molecule has 0 saturated carbocycles. The summed E-state index contributed by atoms with van der Waals surface area (Å²) in [5, 5.41) is 2.77. The molecule has 1 rings (SSSR count). The summed E-state index contributed by atoms with van der Waals surface area (Å²) in [6.45, 7) is 7.62. The summed E-state index contributed by atoms with van der Waals surface area (Å²) in [6, 6.07) is 4.57. The highest BCUT2D eigenvalue weighted by Gasteiger charge is 2.15. The molecule has 1 aromatic rings. The van der Waals surface area contributed by atoms with Crippen molar-refractivity contribution in [2.45, 2.75) is 46.1 Å². The molecule has 1 aromatic carbocycles. The molecular formula is C16H26FN3O. The molecule has 0 fully saturated rings. The number of nitrogens with zero attached hydrogens (tertiary/aromatic N) is 1. The molecule has 1 atom stereocenters. The number of halogens is 1. The Hall–Kier alpha value is -1.62. The number of hydrogen-bond acceptors (Lipinski definition) is 3. The molecule has 21 heavy (non-hydrogen) atoms. The first-order chi connectivity index (χ1) is 9.97. The van der Waals surface area contributed by atoms with Crippen LogP contribution in [0.2, 0.25) is 0 Å². The highest BCUT2D eigenvalue weighted by atomic mass is 19.1. The number of amides is 1. The summed E-state index contributed by atoms with van der Waals surface area (Å²) in [7, 11) is 0. The highest BCUT2D eigenvalue weighted by molar-refractivity contribution is 5.92. The van der Waals surface area contributed by atoms with Gasteiger partial charge in [0.25, 0.3) is 0 Å². The topological polar surface area (TPSA) is 58.4 Å². The predicted octanol–water partition coefficient (Wildman–Crippen LogP) is 3.25. The third kappa shape index (κ3) is 5.71. The lowest BCUT2D eigenvalue weighted by atomic mass is 10.2. The Morgan fingerprint density at radius 3 is 2.71 bits per heavy atom. The van der Waals surface area contributed by atoms with Crippen molar-refractivity contribution >= 4 is 17.3 Å². The molecule has 0 aliphatic rings. The zero-order valence-electron chi connectivity index (χ0n) is 13.2. The average Bonchev–Trinajstić information content (AvgIpc) is 2.46. The number of carbonyl (C=O) groups excluding carboxylic acids is 1. The van der Waals surface area contributed by atoms with Crippen molar-refractivity contribution in [2.75, 3.05) is 24.1 Å². The van der Waals surface area contributed by atoms with Gasteiger partial charge in [0.15, 0.2) is 0 Å². The molecule has 0 radical (unpaired) electrons. The van der Waals surface area contributed by atoms with E-state index in [9.17, 15) is 9.18 Å². The van der Waals surface area contributed by atoms with E-state index in [1.54, 1.807) is 0 Å². The fourth-order valence-electron chi connectivity index (χ4n) is 2.08. The lowest BCUT2D eigenvalue weighted by Gasteiger charge is -2.27. The molecule has 4 nitrogen and oxygen atoms in total. The number of nitrogen functional groups attached to an aromatic ring is 1. The van der Waals surface area contributed by atoms with Crippen molar-refractivity contribution < 1.29 is 9.18 Å². The molecule has 1 unspecified atom stereocenters. The molecule has 5 heteroatoms. The van der Waals surface area contributed by atoms with E-state index in [2.05, 4.69) is 31.0 Å². The lowest BCUT2D eigenvalue weighted by molar-refractivity contribution is -0.117. The van der Waals surface area contributed by atoms with E-state index in [1.165, 1.54) is 18.2 Å². The molecule has 0 spiro atoms. The Kier molecular flexibility index (Phi) is 7.15. The fourth-order valence-corrected chi connectivity index (χ4v) is 2.08. The van der Waals surface area contributed by atoms with Gasteiger partial charge in [0.05, 0.1) is 12.2 Å². The van der Waals surface area contributed by atoms with Crippen molar-refractivity contribution in [3.8, 4) is 0 Å². The second kappa shape index (κ2) is 8.62. The van der Waals surface area contributed by atoms with E-state index in [-0.39, 0.29) is 11.6 Å². The van der Waals surface area contributed by atoms with Crippen LogP contribution in [0.3, 0.4) is 0 Å². The second-order valence-electron chi connectivity index (χ2n) is 5.37. The number of hydrogen-bond donors (Lipinski definition) is 2. The third-order valence-corrected chi connectivity index (χ3v) is 3.64. The molecular weight excluding hydrogens is 269 g/mol. The maximum atomic E-state index is 13.1. The SMILES string of the molecule is CCCCN(CC(=O)Nc1ccc(F)c(N)c1)C(C)CC. The number of rotatable bonds is 8. The van der Waals surface area contributed by atoms with Crippen molar-refractivity contribution in [3.05, 3.63) is 24.0 Å². The van der Waals surface area contributed by atoms with E-state index < -0.39 is 5.82 Å². The molecule has 1 amide bonds. The first-order valence-electron chi connectivity index (χ1n) is 7.56. The Bertz CT molecular complexity index is 465. The number of carbonyl (C=O) groups is 1. The average molecular weight is 295 g/mol. The molecule has 118 valence electrons. The van der Waals surface area contributed by atoms with Gasteiger partial charge in [-0.1, -0.05) is 20.3 Å².